The van der Waals surface area contributed by atoms with Crippen molar-refractivity contribution in [2.75, 3.05) is 14.2 Å². The molecule has 36 heavy (non-hydrogen) atoms. The molecule has 0 aliphatic rings. The summed E-state index contributed by atoms with van der Waals surface area (Å²) < 4.78 is 16.0. The summed E-state index contributed by atoms with van der Waals surface area (Å²) in [5, 5.41) is 13.4. The molecule has 0 saturated carbocycles. The summed E-state index contributed by atoms with van der Waals surface area (Å²) in [6, 6.07) is 13.8. The molecule has 0 aliphatic heterocycles. The maximum Gasteiger partial charge on any atom is 0.209 e. The second-order valence-electron chi connectivity index (χ2n) is 8.40. The third kappa shape index (κ3) is 4.37. The van der Waals surface area contributed by atoms with Crippen LogP contribution >= 0.6 is 11.8 Å². The molecular weight excluding hydrogens is 474 g/mol. The van der Waals surface area contributed by atoms with E-state index in [0.29, 0.717) is 23.7 Å². The van der Waals surface area contributed by atoms with E-state index in [-0.39, 0.29) is 0 Å². The topological polar surface area (TPSA) is 81.0 Å². The van der Waals surface area contributed by atoms with E-state index in [2.05, 4.69) is 32.3 Å². The van der Waals surface area contributed by atoms with Gasteiger partial charge < -0.3 is 23.8 Å². The van der Waals surface area contributed by atoms with Gasteiger partial charge >= 0.3 is 0 Å². The second-order valence-corrected chi connectivity index (χ2v) is 9.34. The van der Waals surface area contributed by atoms with Crippen molar-refractivity contribution in [3.05, 3.63) is 95.0 Å². The fourth-order valence-electron chi connectivity index (χ4n) is 4.30. The van der Waals surface area contributed by atoms with E-state index in [1.54, 1.807) is 26.5 Å². The van der Waals surface area contributed by atoms with E-state index in [1.807, 2.05) is 44.4 Å². The number of methoxy groups -OCH3 is 2. The molecule has 0 N–H and O–H groups in total. The average molecular weight is 502 g/mol. The lowest BCUT2D eigenvalue weighted by molar-refractivity contribution is -0.613. The standard InChI is InChI=1S/C27H27N5O3S/c1-18-22(28-11-9-25(18)34-3)16-31-23-8-7-20(30-12-5-6-13-30)15-21(23)29-27(31)36-17-24-19(2)26(35-4)10-14-32(24)33/h5-15H,16-17H2,1-4H3. The van der Waals surface area contributed by atoms with Crippen molar-refractivity contribution in [2.24, 2.45) is 0 Å². The summed E-state index contributed by atoms with van der Waals surface area (Å²) in [5.41, 5.74) is 6.26. The van der Waals surface area contributed by atoms with Gasteiger partial charge in [-0.3, -0.25) is 4.98 Å². The lowest BCUT2D eigenvalue weighted by Gasteiger charge is -2.13. The molecule has 1 aromatic carbocycles. The highest BCUT2D eigenvalue weighted by Gasteiger charge is 2.19. The van der Waals surface area contributed by atoms with Gasteiger partial charge in [0, 0.05) is 35.9 Å². The van der Waals surface area contributed by atoms with Crippen LogP contribution in [0, 0.1) is 19.1 Å². The molecule has 184 valence electrons. The normalized spacial score (nSPS) is 11.2. The maximum atomic E-state index is 12.6. The molecule has 0 amide bonds. The summed E-state index contributed by atoms with van der Waals surface area (Å²) in [7, 11) is 3.27. The monoisotopic (exact) mass is 501 g/mol. The van der Waals surface area contributed by atoms with Crippen LogP contribution in [0.2, 0.25) is 0 Å². The third-order valence-corrected chi connectivity index (χ3v) is 7.36. The van der Waals surface area contributed by atoms with Gasteiger partial charge in [0.1, 0.15) is 11.5 Å². The molecule has 0 unspecified atom stereocenters. The van der Waals surface area contributed by atoms with Crippen LogP contribution in [0.3, 0.4) is 0 Å². The minimum absolute atomic E-state index is 0.449. The summed E-state index contributed by atoms with van der Waals surface area (Å²) in [4.78, 5) is 9.60. The summed E-state index contributed by atoms with van der Waals surface area (Å²) in [5.74, 6) is 1.94. The van der Waals surface area contributed by atoms with E-state index in [4.69, 9.17) is 14.5 Å². The number of benzene rings is 1. The molecule has 0 saturated heterocycles. The Labute approximate surface area is 213 Å². The van der Waals surface area contributed by atoms with E-state index >= 15 is 0 Å². The van der Waals surface area contributed by atoms with E-state index in [0.717, 1.165) is 49.2 Å². The van der Waals surface area contributed by atoms with Crippen LogP contribution in [0.15, 0.2) is 72.4 Å². The highest BCUT2D eigenvalue weighted by atomic mass is 32.2. The van der Waals surface area contributed by atoms with Crippen molar-refractivity contribution in [3.8, 4) is 17.2 Å². The van der Waals surface area contributed by atoms with Gasteiger partial charge in [0.2, 0.25) is 5.69 Å². The summed E-state index contributed by atoms with van der Waals surface area (Å²) in [6.07, 6.45) is 7.26. The molecule has 8 nitrogen and oxygen atoms in total. The van der Waals surface area contributed by atoms with Crippen LogP contribution < -0.4 is 14.2 Å². The predicted octanol–water partition coefficient (Wildman–Crippen LogP) is 4.83. The molecule has 0 aliphatic carbocycles. The lowest BCUT2D eigenvalue weighted by Crippen LogP contribution is -2.32. The summed E-state index contributed by atoms with van der Waals surface area (Å²) in [6.45, 7) is 4.44. The largest absolute Gasteiger partial charge is 0.618 e. The molecule has 9 heteroatoms. The molecule has 5 aromatic rings. The van der Waals surface area contributed by atoms with Crippen molar-refractivity contribution in [1.29, 1.82) is 0 Å². The Morgan fingerprint density at radius 1 is 1.00 bits per heavy atom. The number of hydrogen-bond donors (Lipinski definition) is 0. The maximum absolute atomic E-state index is 12.6. The number of nitrogens with zero attached hydrogens (tertiary/aromatic N) is 5. The van der Waals surface area contributed by atoms with Crippen LogP contribution in [0.5, 0.6) is 11.5 Å². The fourth-order valence-corrected chi connectivity index (χ4v) is 5.39. The number of pyridine rings is 2. The molecule has 0 atom stereocenters. The number of ether oxygens (including phenoxy) is 2. The van der Waals surface area contributed by atoms with Crippen molar-refractivity contribution < 1.29 is 14.2 Å². The van der Waals surface area contributed by atoms with Crippen LogP contribution in [-0.2, 0) is 12.3 Å². The van der Waals surface area contributed by atoms with Gasteiger partial charge in [-0.15, -0.1) is 0 Å². The zero-order valence-electron chi connectivity index (χ0n) is 20.6. The fraction of sp³-hybridized carbons (Fsp3) is 0.222. The van der Waals surface area contributed by atoms with Crippen molar-refractivity contribution >= 4 is 22.8 Å². The highest BCUT2D eigenvalue weighted by molar-refractivity contribution is 7.98. The number of thioether (sulfide) groups is 1. The SMILES string of the molecule is COc1ccnc(Cn2c(SCc3c(C)c(OC)cc[n+]3[O-])nc3cc(-n4cccc4)ccc32)c1C. The van der Waals surface area contributed by atoms with Crippen LogP contribution in [0.4, 0.5) is 0 Å². The first kappa shape index (κ1) is 23.7. The molecular formula is C27H27N5O3S. The average Bonchev–Trinajstić information content (AvgIpc) is 3.53. The predicted molar refractivity (Wildman–Crippen MR) is 140 cm³/mol. The first-order valence-electron chi connectivity index (χ1n) is 11.5. The van der Waals surface area contributed by atoms with Crippen LogP contribution in [0.1, 0.15) is 22.5 Å². The first-order chi connectivity index (χ1) is 17.5. The Morgan fingerprint density at radius 3 is 2.50 bits per heavy atom. The van der Waals surface area contributed by atoms with Crippen molar-refractivity contribution in [2.45, 2.75) is 31.3 Å². The van der Waals surface area contributed by atoms with Gasteiger partial charge in [-0.1, -0.05) is 11.8 Å². The quantitative estimate of drug-likeness (QED) is 0.172. The molecule has 0 spiro atoms. The minimum Gasteiger partial charge on any atom is -0.618 e. The number of fused-ring (bicyclic) bond motifs is 1. The molecule has 0 radical (unpaired) electrons. The van der Waals surface area contributed by atoms with Crippen molar-refractivity contribution in [3.63, 3.8) is 0 Å². The molecule has 0 bridgehead atoms. The van der Waals surface area contributed by atoms with E-state index < -0.39 is 0 Å². The van der Waals surface area contributed by atoms with E-state index in [9.17, 15) is 5.21 Å². The Bertz CT molecular complexity index is 1530. The zero-order chi connectivity index (χ0) is 25.2. The number of aromatic nitrogens is 5. The Hall–Kier alpha value is -3.98. The van der Waals surface area contributed by atoms with Crippen molar-refractivity contribution in [1.82, 2.24) is 19.1 Å². The molecule has 5 rings (SSSR count). The third-order valence-electron chi connectivity index (χ3n) is 6.37. The Morgan fingerprint density at radius 2 is 1.75 bits per heavy atom. The van der Waals surface area contributed by atoms with Crippen LogP contribution in [0.25, 0.3) is 16.7 Å². The zero-order valence-corrected chi connectivity index (χ0v) is 21.5. The molecule has 0 fully saturated rings. The van der Waals surface area contributed by atoms with Gasteiger partial charge in [-0.25, -0.2) is 4.98 Å². The number of imidazole rings is 1. The minimum atomic E-state index is 0.449. The van der Waals surface area contributed by atoms with E-state index in [1.165, 1.54) is 18.0 Å². The molecule has 4 heterocycles. The van der Waals surface area contributed by atoms with Gasteiger partial charge in [-0.2, -0.15) is 4.73 Å². The second kappa shape index (κ2) is 9.94. The van der Waals surface area contributed by atoms with Gasteiger partial charge in [0.15, 0.2) is 11.4 Å². The van der Waals surface area contributed by atoms with Gasteiger partial charge in [-0.05, 0) is 50.2 Å². The highest BCUT2D eigenvalue weighted by Crippen LogP contribution is 2.31. The summed E-state index contributed by atoms with van der Waals surface area (Å²) >= 11 is 1.52. The smallest absolute Gasteiger partial charge is 0.209 e. The Balaban J connectivity index is 1.57. The molecule has 4 aromatic heterocycles. The van der Waals surface area contributed by atoms with Gasteiger partial charge in [0.05, 0.1) is 48.8 Å². The van der Waals surface area contributed by atoms with Crippen LogP contribution in [-0.4, -0.2) is 33.3 Å². The number of hydrogen-bond acceptors (Lipinski definition) is 6. The number of rotatable bonds is 8. The Kier molecular flexibility index (Phi) is 6.56. The lowest BCUT2D eigenvalue weighted by atomic mass is 10.2. The van der Waals surface area contributed by atoms with Gasteiger partial charge in [0.25, 0.3) is 0 Å². The first-order valence-corrected chi connectivity index (χ1v) is 12.5.